The van der Waals surface area contributed by atoms with Crippen molar-refractivity contribution in [2.75, 3.05) is 20.1 Å². The van der Waals surface area contributed by atoms with Crippen LogP contribution in [0.15, 0.2) is 24.3 Å². The predicted molar refractivity (Wildman–Crippen MR) is 82.9 cm³/mol. The van der Waals surface area contributed by atoms with Gasteiger partial charge in [0.15, 0.2) is 0 Å². The smallest absolute Gasteiger partial charge is 0.226 e. The Bertz CT molecular complexity index is 519. The lowest BCUT2D eigenvalue weighted by Crippen LogP contribution is -2.47. The molecule has 0 N–H and O–H groups in total. The molecule has 1 saturated heterocycles. The standard InChI is InChI=1S/C17H24N2O2/c1-13-5-4-6-15(11-13)12-17(21)19-9-7-16(8-10-19)18(3)14(2)20/h4-6,11,16H,7-10,12H2,1-3H3. The third kappa shape index (κ3) is 4.06. The molecule has 0 aromatic heterocycles. The van der Waals surface area contributed by atoms with Gasteiger partial charge in [0.05, 0.1) is 6.42 Å². The minimum atomic E-state index is 0.0968. The summed E-state index contributed by atoms with van der Waals surface area (Å²) < 4.78 is 0. The van der Waals surface area contributed by atoms with Crippen LogP contribution in [0.2, 0.25) is 0 Å². The Kier molecular flexibility index (Phi) is 4.99. The van der Waals surface area contributed by atoms with E-state index in [-0.39, 0.29) is 17.9 Å². The van der Waals surface area contributed by atoms with Crippen molar-refractivity contribution in [3.05, 3.63) is 35.4 Å². The van der Waals surface area contributed by atoms with E-state index >= 15 is 0 Å². The normalized spacial score (nSPS) is 15.9. The quantitative estimate of drug-likeness (QED) is 0.853. The van der Waals surface area contributed by atoms with Crippen molar-refractivity contribution in [2.45, 2.75) is 39.2 Å². The highest BCUT2D eigenvalue weighted by Crippen LogP contribution is 2.17. The van der Waals surface area contributed by atoms with Gasteiger partial charge in [-0.3, -0.25) is 9.59 Å². The molecule has 0 bridgehead atoms. The van der Waals surface area contributed by atoms with Gasteiger partial charge in [0.25, 0.3) is 0 Å². The van der Waals surface area contributed by atoms with Crippen LogP contribution in [0.25, 0.3) is 0 Å². The van der Waals surface area contributed by atoms with Crippen LogP contribution < -0.4 is 0 Å². The van der Waals surface area contributed by atoms with E-state index in [1.54, 1.807) is 11.8 Å². The molecule has 0 unspecified atom stereocenters. The zero-order valence-electron chi connectivity index (χ0n) is 13.1. The average Bonchev–Trinajstić information content (AvgIpc) is 2.46. The van der Waals surface area contributed by atoms with Gasteiger partial charge >= 0.3 is 0 Å². The number of benzene rings is 1. The summed E-state index contributed by atoms with van der Waals surface area (Å²) in [6.45, 7) is 5.12. The van der Waals surface area contributed by atoms with Crippen molar-refractivity contribution in [3.8, 4) is 0 Å². The fourth-order valence-corrected chi connectivity index (χ4v) is 2.87. The van der Waals surface area contributed by atoms with E-state index in [2.05, 4.69) is 6.07 Å². The van der Waals surface area contributed by atoms with E-state index in [9.17, 15) is 9.59 Å². The molecule has 1 heterocycles. The van der Waals surface area contributed by atoms with Gasteiger partial charge in [0.1, 0.15) is 0 Å². The van der Waals surface area contributed by atoms with E-state index in [1.165, 1.54) is 5.56 Å². The number of carbonyl (C=O) groups excluding carboxylic acids is 2. The number of likely N-dealkylation sites (tertiary alicyclic amines) is 1. The maximum atomic E-state index is 12.3. The number of hydrogen-bond acceptors (Lipinski definition) is 2. The zero-order valence-corrected chi connectivity index (χ0v) is 13.1. The Morgan fingerprint density at radius 3 is 2.52 bits per heavy atom. The Hall–Kier alpha value is -1.84. The molecule has 1 aromatic carbocycles. The van der Waals surface area contributed by atoms with Crippen LogP contribution in [0, 0.1) is 6.92 Å². The lowest BCUT2D eigenvalue weighted by molar-refractivity contribution is -0.134. The molecule has 0 spiro atoms. The molecule has 0 atom stereocenters. The number of hydrogen-bond donors (Lipinski definition) is 0. The molecular weight excluding hydrogens is 264 g/mol. The second kappa shape index (κ2) is 6.74. The van der Waals surface area contributed by atoms with E-state index in [4.69, 9.17) is 0 Å². The van der Waals surface area contributed by atoms with Crippen LogP contribution >= 0.6 is 0 Å². The first-order valence-electron chi connectivity index (χ1n) is 7.54. The average molecular weight is 288 g/mol. The highest BCUT2D eigenvalue weighted by molar-refractivity contribution is 5.79. The lowest BCUT2D eigenvalue weighted by atomic mass is 10.0. The van der Waals surface area contributed by atoms with Crippen molar-refractivity contribution in [2.24, 2.45) is 0 Å². The van der Waals surface area contributed by atoms with Crippen molar-refractivity contribution >= 4 is 11.8 Å². The molecule has 2 rings (SSSR count). The van der Waals surface area contributed by atoms with Crippen LogP contribution in [-0.4, -0.2) is 47.8 Å². The summed E-state index contributed by atoms with van der Waals surface area (Å²) in [4.78, 5) is 27.4. The molecule has 0 radical (unpaired) electrons. The third-order valence-electron chi connectivity index (χ3n) is 4.30. The molecule has 1 aliphatic heterocycles. The van der Waals surface area contributed by atoms with Crippen LogP contribution in [-0.2, 0) is 16.0 Å². The summed E-state index contributed by atoms with van der Waals surface area (Å²) in [5.41, 5.74) is 2.25. The zero-order chi connectivity index (χ0) is 15.4. The van der Waals surface area contributed by atoms with Crippen LogP contribution in [0.5, 0.6) is 0 Å². The fourth-order valence-electron chi connectivity index (χ4n) is 2.87. The fraction of sp³-hybridized carbons (Fsp3) is 0.529. The number of piperidine rings is 1. The van der Waals surface area contributed by atoms with Gasteiger partial charge in [-0.25, -0.2) is 0 Å². The van der Waals surface area contributed by atoms with Gasteiger partial charge < -0.3 is 9.80 Å². The maximum absolute atomic E-state index is 12.3. The van der Waals surface area contributed by atoms with Crippen LogP contribution in [0.3, 0.4) is 0 Å². The summed E-state index contributed by atoms with van der Waals surface area (Å²) in [5, 5.41) is 0. The molecule has 0 saturated carbocycles. The van der Waals surface area contributed by atoms with Crippen LogP contribution in [0.1, 0.15) is 30.9 Å². The lowest BCUT2D eigenvalue weighted by Gasteiger charge is -2.36. The van der Waals surface area contributed by atoms with Gasteiger partial charge in [-0.05, 0) is 25.3 Å². The van der Waals surface area contributed by atoms with Crippen LogP contribution in [0.4, 0.5) is 0 Å². The number of carbonyl (C=O) groups is 2. The van der Waals surface area contributed by atoms with Crippen molar-refractivity contribution in [3.63, 3.8) is 0 Å². The maximum Gasteiger partial charge on any atom is 0.226 e. The number of nitrogens with zero attached hydrogens (tertiary/aromatic N) is 2. The molecule has 1 aliphatic rings. The summed E-state index contributed by atoms with van der Waals surface area (Å²) in [6, 6.07) is 8.36. The highest BCUT2D eigenvalue weighted by Gasteiger charge is 2.26. The molecule has 114 valence electrons. The van der Waals surface area contributed by atoms with E-state index in [1.807, 2.05) is 37.1 Å². The summed E-state index contributed by atoms with van der Waals surface area (Å²) in [6.07, 6.45) is 2.21. The van der Waals surface area contributed by atoms with Crippen molar-refractivity contribution in [1.29, 1.82) is 0 Å². The number of amides is 2. The Labute approximate surface area is 126 Å². The largest absolute Gasteiger partial charge is 0.343 e. The monoisotopic (exact) mass is 288 g/mol. The molecule has 4 heteroatoms. The van der Waals surface area contributed by atoms with Gasteiger partial charge in [-0.15, -0.1) is 0 Å². The minimum absolute atomic E-state index is 0.0968. The SMILES string of the molecule is CC(=O)N(C)C1CCN(C(=O)Cc2cccc(C)c2)CC1. The second-order valence-electron chi connectivity index (χ2n) is 5.91. The first kappa shape index (κ1) is 15.5. The Balaban J connectivity index is 1.87. The molecule has 2 amide bonds. The van der Waals surface area contributed by atoms with E-state index < -0.39 is 0 Å². The molecule has 21 heavy (non-hydrogen) atoms. The molecule has 4 nitrogen and oxygen atoms in total. The van der Waals surface area contributed by atoms with Gasteiger partial charge in [0.2, 0.25) is 11.8 Å². The summed E-state index contributed by atoms with van der Waals surface area (Å²) in [5.74, 6) is 0.282. The molecule has 1 aromatic rings. The van der Waals surface area contributed by atoms with Gasteiger partial charge in [-0.2, -0.15) is 0 Å². The number of aryl methyl sites for hydroxylation is 1. The van der Waals surface area contributed by atoms with Crippen molar-refractivity contribution < 1.29 is 9.59 Å². The van der Waals surface area contributed by atoms with Gasteiger partial charge in [-0.1, -0.05) is 29.8 Å². The summed E-state index contributed by atoms with van der Waals surface area (Å²) in [7, 11) is 1.84. The highest BCUT2D eigenvalue weighted by atomic mass is 16.2. The van der Waals surface area contributed by atoms with E-state index in [0.29, 0.717) is 6.42 Å². The third-order valence-corrected chi connectivity index (χ3v) is 4.30. The Morgan fingerprint density at radius 2 is 1.95 bits per heavy atom. The molecule has 1 fully saturated rings. The topological polar surface area (TPSA) is 40.6 Å². The first-order chi connectivity index (χ1) is 9.97. The summed E-state index contributed by atoms with van der Waals surface area (Å²) >= 11 is 0. The van der Waals surface area contributed by atoms with E-state index in [0.717, 1.165) is 31.5 Å². The predicted octanol–water partition coefficient (Wildman–Crippen LogP) is 2.01. The number of rotatable bonds is 3. The van der Waals surface area contributed by atoms with Gasteiger partial charge in [0, 0.05) is 33.1 Å². The molecule has 0 aliphatic carbocycles. The molecular formula is C17H24N2O2. The van der Waals surface area contributed by atoms with Crippen molar-refractivity contribution in [1.82, 2.24) is 9.80 Å². The first-order valence-corrected chi connectivity index (χ1v) is 7.54. The second-order valence-corrected chi connectivity index (χ2v) is 5.91. The minimum Gasteiger partial charge on any atom is -0.343 e. The Morgan fingerprint density at radius 1 is 1.29 bits per heavy atom.